The van der Waals surface area contributed by atoms with E-state index in [2.05, 4.69) is 40.3 Å². The Morgan fingerprint density at radius 1 is 1.32 bits per heavy atom. The van der Waals surface area contributed by atoms with Crippen molar-refractivity contribution in [3.05, 3.63) is 34.5 Å². The summed E-state index contributed by atoms with van der Waals surface area (Å²) >= 11 is 6.56. The Labute approximate surface area is 172 Å². The minimum atomic E-state index is 0.0595. The highest BCUT2D eigenvalue weighted by Gasteiger charge is 2.41. The van der Waals surface area contributed by atoms with E-state index in [9.17, 15) is 4.79 Å². The molecule has 2 heterocycles. The zero-order valence-electron chi connectivity index (χ0n) is 17.1. The molecule has 0 bridgehead atoms. The lowest BCUT2D eigenvalue weighted by Gasteiger charge is -2.47. The van der Waals surface area contributed by atoms with E-state index in [0.29, 0.717) is 12.0 Å². The summed E-state index contributed by atoms with van der Waals surface area (Å²) in [5, 5.41) is 5.41. The second kappa shape index (κ2) is 7.96. The first-order valence-electron chi connectivity index (χ1n) is 10.7. The number of urea groups is 1. The normalized spacial score (nSPS) is 24.2. The van der Waals surface area contributed by atoms with Crippen molar-refractivity contribution in [2.24, 2.45) is 0 Å². The molecule has 6 heteroatoms. The average Bonchev–Trinajstić information content (AvgIpc) is 3.00. The summed E-state index contributed by atoms with van der Waals surface area (Å²) in [5.74, 6) is 0.422. The molecule has 1 aromatic carbocycles. The van der Waals surface area contributed by atoms with Gasteiger partial charge in [0.2, 0.25) is 0 Å². The second-order valence-corrected chi connectivity index (χ2v) is 8.49. The average molecular weight is 403 g/mol. The van der Waals surface area contributed by atoms with Crippen LogP contribution in [0.5, 0.6) is 0 Å². The summed E-state index contributed by atoms with van der Waals surface area (Å²) in [6.45, 7) is 9.73. The van der Waals surface area contributed by atoms with Crippen LogP contribution >= 0.6 is 11.6 Å². The Morgan fingerprint density at radius 3 is 2.82 bits per heavy atom. The molecule has 152 valence electrons. The van der Waals surface area contributed by atoms with Gasteiger partial charge in [-0.3, -0.25) is 4.90 Å². The lowest BCUT2D eigenvalue weighted by molar-refractivity contribution is 0.0980. The number of likely N-dealkylation sites (tertiary alicyclic amines) is 1. The molecular formula is C22H31ClN4O. The fourth-order valence-electron chi connectivity index (χ4n) is 5.27. The van der Waals surface area contributed by atoms with Gasteiger partial charge in [0, 0.05) is 48.5 Å². The highest BCUT2D eigenvalue weighted by atomic mass is 35.5. The van der Waals surface area contributed by atoms with E-state index in [4.69, 9.17) is 11.6 Å². The number of aromatic nitrogens is 1. The van der Waals surface area contributed by atoms with Gasteiger partial charge in [-0.05, 0) is 56.8 Å². The lowest BCUT2D eigenvalue weighted by atomic mass is 9.73. The predicted molar refractivity (Wildman–Crippen MR) is 115 cm³/mol. The van der Waals surface area contributed by atoms with Crippen LogP contribution in [0.1, 0.15) is 50.7 Å². The maximum Gasteiger partial charge on any atom is 0.317 e. The molecule has 4 rings (SSSR count). The Hall–Kier alpha value is -1.72. The van der Waals surface area contributed by atoms with Gasteiger partial charge in [-0.25, -0.2) is 4.79 Å². The van der Waals surface area contributed by atoms with E-state index < -0.39 is 0 Å². The van der Waals surface area contributed by atoms with Crippen LogP contribution in [0.2, 0.25) is 5.15 Å². The number of carbonyl (C=O) groups excluding carboxylic acids is 1. The molecule has 5 nitrogen and oxygen atoms in total. The van der Waals surface area contributed by atoms with Gasteiger partial charge in [0.05, 0.1) is 0 Å². The van der Waals surface area contributed by atoms with Crippen molar-refractivity contribution >= 4 is 28.5 Å². The summed E-state index contributed by atoms with van der Waals surface area (Å²) in [4.78, 5) is 20.5. The number of aromatic amines is 1. The van der Waals surface area contributed by atoms with Gasteiger partial charge < -0.3 is 15.2 Å². The first-order chi connectivity index (χ1) is 13.6. The summed E-state index contributed by atoms with van der Waals surface area (Å²) < 4.78 is 0. The van der Waals surface area contributed by atoms with Crippen LogP contribution in [0.3, 0.4) is 0 Å². The molecular weight excluding hydrogens is 372 g/mol. The smallest absolute Gasteiger partial charge is 0.317 e. The van der Waals surface area contributed by atoms with E-state index in [1.54, 1.807) is 0 Å². The van der Waals surface area contributed by atoms with Crippen LogP contribution < -0.4 is 5.32 Å². The van der Waals surface area contributed by atoms with Crippen LogP contribution in [0.4, 0.5) is 4.79 Å². The largest absolute Gasteiger partial charge is 0.345 e. The van der Waals surface area contributed by atoms with E-state index in [-0.39, 0.29) is 12.1 Å². The topological polar surface area (TPSA) is 51.4 Å². The number of H-pyrrole nitrogens is 1. The summed E-state index contributed by atoms with van der Waals surface area (Å²) in [6.07, 6.45) is 3.08. The van der Waals surface area contributed by atoms with Crippen LogP contribution in [0.15, 0.2) is 18.2 Å². The monoisotopic (exact) mass is 402 g/mol. The fourth-order valence-corrected chi connectivity index (χ4v) is 5.54. The van der Waals surface area contributed by atoms with E-state index in [0.717, 1.165) is 56.1 Å². The van der Waals surface area contributed by atoms with Gasteiger partial charge in [0.15, 0.2) is 0 Å². The molecule has 1 unspecified atom stereocenters. The molecule has 1 aromatic heterocycles. The first kappa shape index (κ1) is 19.6. The Kier molecular flexibility index (Phi) is 5.57. The molecule has 1 aliphatic heterocycles. The zero-order valence-corrected chi connectivity index (χ0v) is 17.9. The maximum atomic E-state index is 12.7. The van der Waals surface area contributed by atoms with Crippen LogP contribution in [-0.4, -0.2) is 59.1 Å². The van der Waals surface area contributed by atoms with Gasteiger partial charge in [-0.2, -0.15) is 0 Å². The number of hydrogen-bond acceptors (Lipinski definition) is 2. The third-order valence-electron chi connectivity index (χ3n) is 6.54. The zero-order chi connectivity index (χ0) is 19.8. The van der Waals surface area contributed by atoms with Crippen molar-refractivity contribution in [1.29, 1.82) is 0 Å². The molecule has 0 radical (unpaired) electrons. The molecule has 0 spiro atoms. The number of halogens is 1. The third kappa shape index (κ3) is 3.29. The number of piperidine rings is 1. The molecule has 1 saturated heterocycles. The van der Waals surface area contributed by atoms with E-state index in [1.165, 1.54) is 16.5 Å². The number of amides is 2. The summed E-state index contributed by atoms with van der Waals surface area (Å²) in [7, 11) is 0. The predicted octanol–water partition coefficient (Wildman–Crippen LogP) is 4.37. The number of nitrogens with zero attached hydrogens (tertiary/aromatic N) is 2. The molecule has 0 saturated carbocycles. The van der Waals surface area contributed by atoms with Crippen LogP contribution in [-0.2, 0) is 6.42 Å². The van der Waals surface area contributed by atoms with Crippen molar-refractivity contribution in [2.75, 3.05) is 26.2 Å². The first-order valence-corrected chi connectivity index (χ1v) is 11.0. The SMILES string of the molecule is CCCN1C[C@@H](NC(=O)N(CC)CC)CC2c3cccc4[nH]c(Cl)c(c34)C[C@H]21. The molecule has 28 heavy (non-hydrogen) atoms. The molecule has 2 aliphatic rings. The fraction of sp³-hybridized carbons (Fsp3) is 0.591. The number of hydrogen-bond donors (Lipinski definition) is 2. The van der Waals surface area contributed by atoms with E-state index in [1.807, 2.05) is 18.7 Å². The molecule has 2 amide bonds. The molecule has 2 aromatic rings. The van der Waals surface area contributed by atoms with Gasteiger partial charge in [0.25, 0.3) is 0 Å². The maximum absolute atomic E-state index is 12.7. The summed E-state index contributed by atoms with van der Waals surface area (Å²) in [5.41, 5.74) is 3.78. The number of nitrogens with one attached hydrogen (secondary N) is 2. The van der Waals surface area contributed by atoms with Crippen LogP contribution in [0, 0.1) is 0 Å². The lowest BCUT2D eigenvalue weighted by Crippen LogP contribution is -2.57. The van der Waals surface area contributed by atoms with Crippen molar-refractivity contribution in [3.8, 4) is 0 Å². The number of carbonyl (C=O) groups is 1. The molecule has 1 aliphatic carbocycles. The number of benzene rings is 1. The molecule has 1 fully saturated rings. The molecule has 3 atom stereocenters. The number of fused-ring (bicyclic) bond motifs is 2. The van der Waals surface area contributed by atoms with Gasteiger partial charge in [0.1, 0.15) is 5.15 Å². The quantitative estimate of drug-likeness (QED) is 0.780. The van der Waals surface area contributed by atoms with Gasteiger partial charge in [-0.15, -0.1) is 0 Å². The highest BCUT2D eigenvalue weighted by Crippen LogP contribution is 2.45. The Balaban J connectivity index is 1.66. The van der Waals surface area contributed by atoms with Crippen molar-refractivity contribution in [3.63, 3.8) is 0 Å². The minimum absolute atomic E-state index is 0.0595. The third-order valence-corrected chi connectivity index (χ3v) is 6.86. The van der Waals surface area contributed by atoms with Gasteiger partial charge >= 0.3 is 6.03 Å². The van der Waals surface area contributed by atoms with E-state index >= 15 is 0 Å². The standard InChI is InChI=1S/C22H31ClN4O/c1-4-10-27-13-14(24-22(28)26(5-2)6-3)11-16-15-8-7-9-18-20(15)17(12-19(16)27)21(23)25-18/h7-9,14,16,19,25H,4-6,10-13H2,1-3H3,(H,24,28)/t14-,16?,19+/m0/s1. The van der Waals surface area contributed by atoms with Crippen molar-refractivity contribution in [2.45, 2.75) is 58.0 Å². The Bertz CT molecular complexity index is 860. The molecule has 2 N–H and O–H groups in total. The second-order valence-electron chi connectivity index (χ2n) is 8.11. The summed E-state index contributed by atoms with van der Waals surface area (Å²) in [6, 6.07) is 7.18. The number of rotatable bonds is 5. The Morgan fingerprint density at radius 2 is 2.11 bits per heavy atom. The highest BCUT2D eigenvalue weighted by molar-refractivity contribution is 6.32. The van der Waals surface area contributed by atoms with Crippen molar-refractivity contribution < 1.29 is 4.79 Å². The van der Waals surface area contributed by atoms with Gasteiger partial charge in [-0.1, -0.05) is 30.7 Å². The minimum Gasteiger partial charge on any atom is -0.345 e. The van der Waals surface area contributed by atoms with Crippen LogP contribution in [0.25, 0.3) is 10.9 Å². The van der Waals surface area contributed by atoms with Crippen molar-refractivity contribution in [1.82, 2.24) is 20.1 Å².